The van der Waals surface area contributed by atoms with Gasteiger partial charge in [-0.3, -0.25) is 4.90 Å². The molecule has 1 aromatic rings. The molecule has 0 saturated heterocycles. The van der Waals surface area contributed by atoms with E-state index in [9.17, 15) is 9.90 Å². The highest BCUT2D eigenvalue weighted by Gasteiger charge is 2.19. The van der Waals surface area contributed by atoms with Crippen LogP contribution in [-0.2, 0) is 13.0 Å². The fraction of sp³-hybridized carbons (Fsp3) is 0.467. The van der Waals surface area contributed by atoms with Crippen molar-refractivity contribution in [1.29, 1.82) is 0 Å². The number of hydrogen-bond donors (Lipinski definition) is 1. The highest BCUT2D eigenvalue weighted by molar-refractivity contribution is 7.13. The number of aromatic nitrogens is 1. The minimum Gasteiger partial charge on any atom is -0.477 e. The fourth-order valence-electron chi connectivity index (χ4n) is 1.92. The van der Waals surface area contributed by atoms with Gasteiger partial charge in [0.2, 0.25) is 0 Å². The number of aromatic carboxylic acids is 1. The van der Waals surface area contributed by atoms with Gasteiger partial charge in [0, 0.05) is 13.1 Å². The van der Waals surface area contributed by atoms with Crippen molar-refractivity contribution in [3.05, 3.63) is 40.9 Å². The molecule has 1 N–H and O–H groups in total. The lowest BCUT2D eigenvalue weighted by Crippen LogP contribution is -2.23. The first-order valence-electron chi connectivity index (χ1n) is 6.63. The second-order valence-corrected chi connectivity index (χ2v) is 6.14. The molecule has 0 unspecified atom stereocenters. The molecule has 0 aliphatic heterocycles. The SMILES string of the molecule is C=CCN(CC=C)Cc1nc(CC(C)C)c(C(=O)O)s1. The second-order valence-electron chi connectivity index (χ2n) is 5.06. The summed E-state index contributed by atoms with van der Waals surface area (Å²) in [6, 6.07) is 0. The van der Waals surface area contributed by atoms with E-state index in [-0.39, 0.29) is 0 Å². The molecule has 0 bridgehead atoms. The van der Waals surface area contributed by atoms with Gasteiger partial charge in [-0.1, -0.05) is 26.0 Å². The van der Waals surface area contributed by atoms with E-state index in [4.69, 9.17) is 0 Å². The van der Waals surface area contributed by atoms with E-state index in [0.29, 0.717) is 29.5 Å². The molecule has 1 rings (SSSR count). The molecule has 0 saturated carbocycles. The van der Waals surface area contributed by atoms with Crippen molar-refractivity contribution in [2.75, 3.05) is 13.1 Å². The molecule has 4 nitrogen and oxygen atoms in total. The van der Waals surface area contributed by atoms with Crippen LogP contribution in [0.2, 0.25) is 0 Å². The van der Waals surface area contributed by atoms with Crippen LogP contribution in [0.5, 0.6) is 0 Å². The van der Waals surface area contributed by atoms with Crippen molar-refractivity contribution in [3.63, 3.8) is 0 Å². The van der Waals surface area contributed by atoms with Crippen molar-refractivity contribution in [2.45, 2.75) is 26.8 Å². The molecule has 1 heterocycles. The predicted octanol–water partition coefficient (Wildman–Crippen LogP) is 3.21. The van der Waals surface area contributed by atoms with Crippen LogP contribution in [0.1, 0.15) is 34.2 Å². The van der Waals surface area contributed by atoms with Gasteiger partial charge in [0.25, 0.3) is 0 Å². The molecule has 0 aliphatic carbocycles. The summed E-state index contributed by atoms with van der Waals surface area (Å²) in [4.78, 5) is 18.3. The van der Waals surface area contributed by atoms with Crippen LogP contribution in [0.4, 0.5) is 0 Å². The maximum Gasteiger partial charge on any atom is 0.347 e. The maximum absolute atomic E-state index is 11.3. The predicted molar refractivity (Wildman–Crippen MR) is 83.3 cm³/mol. The molecule has 0 radical (unpaired) electrons. The van der Waals surface area contributed by atoms with Crippen LogP contribution in [-0.4, -0.2) is 34.0 Å². The van der Waals surface area contributed by atoms with E-state index in [0.717, 1.165) is 18.1 Å². The Kier molecular flexibility index (Phi) is 6.61. The summed E-state index contributed by atoms with van der Waals surface area (Å²) in [7, 11) is 0. The number of nitrogens with zero attached hydrogens (tertiary/aromatic N) is 2. The van der Waals surface area contributed by atoms with Gasteiger partial charge < -0.3 is 5.11 Å². The molecule has 0 spiro atoms. The number of carbonyl (C=O) groups is 1. The van der Waals surface area contributed by atoms with E-state index in [1.54, 1.807) is 0 Å². The van der Waals surface area contributed by atoms with Crippen molar-refractivity contribution in [3.8, 4) is 0 Å². The Bertz CT molecular complexity index is 470. The summed E-state index contributed by atoms with van der Waals surface area (Å²) in [6.45, 7) is 13.7. The quantitative estimate of drug-likeness (QED) is 0.711. The van der Waals surface area contributed by atoms with Gasteiger partial charge in [-0.15, -0.1) is 24.5 Å². The van der Waals surface area contributed by atoms with Crippen molar-refractivity contribution in [2.24, 2.45) is 5.92 Å². The lowest BCUT2D eigenvalue weighted by Gasteiger charge is -2.16. The van der Waals surface area contributed by atoms with Crippen molar-refractivity contribution >= 4 is 17.3 Å². The summed E-state index contributed by atoms with van der Waals surface area (Å²) >= 11 is 1.27. The molecule has 0 aromatic carbocycles. The van der Waals surface area contributed by atoms with Gasteiger partial charge in [-0.05, 0) is 12.3 Å². The Morgan fingerprint density at radius 1 is 1.40 bits per heavy atom. The first-order valence-corrected chi connectivity index (χ1v) is 7.45. The zero-order valence-electron chi connectivity index (χ0n) is 12.1. The third-order valence-electron chi connectivity index (χ3n) is 2.67. The van der Waals surface area contributed by atoms with Crippen molar-refractivity contribution < 1.29 is 9.90 Å². The molecule has 0 fully saturated rings. The molecule has 20 heavy (non-hydrogen) atoms. The lowest BCUT2D eigenvalue weighted by molar-refractivity contribution is 0.0700. The highest BCUT2D eigenvalue weighted by atomic mass is 32.1. The van der Waals surface area contributed by atoms with Crippen LogP contribution in [0.15, 0.2) is 25.3 Å². The Labute approximate surface area is 124 Å². The van der Waals surface area contributed by atoms with Gasteiger partial charge in [0.15, 0.2) is 0 Å². The van der Waals surface area contributed by atoms with Crippen LogP contribution in [0.25, 0.3) is 0 Å². The Hall–Kier alpha value is -1.46. The first-order chi connectivity index (χ1) is 9.47. The summed E-state index contributed by atoms with van der Waals surface area (Å²) in [5.74, 6) is -0.496. The summed E-state index contributed by atoms with van der Waals surface area (Å²) < 4.78 is 0. The first kappa shape index (κ1) is 16.6. The van der Waals surface area contributed by atoms with Crippen LogP contribution in [0.3, 0.4) is 0 Å². The molecule has 0 amide bonds. The molecular formula is C15H22N2O2S. The standard InChI is InChI=1S/C15H22N2O2S/c1-5-7-17(8-6-2)10-13-16-12(9-11(3)4)14(20-13)15(18)19/h5-6,11H,1-2,7-10H2,3-4H3,(H,18,19). The molecule has 110 valence electrons. The number of carboxylic acids is 1. The average molecular weight is 294 g/mol. The van der Waals surface area contributed by atoms with E-state index in [1.807, 2.05) is 12.2 Å². The van der Waals surface area contributed by atoms with Crippen LogP contribution >= 0.6 is 11.3 Å². The number of thiazole rings is 1. The largest absolute Gasteiger partial charge is 0.477 e. The minimum absolute atomic E-state index is 0.367. The van der Waals surface area contributed by atoms with Gasteiger partial charge >= 0.3 is 5.97 Å². The lowest BCUT2D eigenvalue weighted by atomic mass is 10.1. The molecule has 0 atom stereocenters. The van der Waals surface area contributed by atoms with Gasteiger partial charge in [0.05, 0.1) is 12.2 Å². The van der Waals surface area contributed by atoms with E-state index >= 15 is 0 Å². The summed E-state index contributed by atoms with van der Waals surface area (Å²) in [5, 5.41) is 10.1. The van der Waals surface area contributed by atoms with Crippen LogP contribution in [0, 0.1) is 5.92 Å². The summed E-state index contributed by atoms with van der Waals surface area (Å²) in [6.07, 6.45) is 4.34. The summed E-state index contributed by atoms with van der Waals surface area (Å²) in [5.41, 5.74) is 0.699. The van der Waals surface area contributed by atoms with Crippen LogP contribution < -0.4 is 0 Å². The zero-order valence-corrected chi connectivity index (χ0v) is 12.9. The van der Waals surface area contributed by atoms with Gasteiger partial charge in [-0.25, -0.2) is 9.78 Å². The number of rotatable bonds is 9. The monoisotopic (exact) mass is 294 g/mol. The Balaban J connectivity index is 2.91. The zero-order chi connectivity index (χ0) is 15.1. The van der Waals surface area contributed by atoms with E-state index in [2.05, 4.69) is 36.9 Å². The maximum atomic E-state index is 11.3. The van der Waals surface area contributed by atoms with Gasteiger partial charge in [0.1, 0.15) is 9.88 Å². The highest BCUT2D eigenvalue weighted by Crippen LogP contribution is 2.22. The topological polar surface area (TPSA) is 53.4 Å². The minimum atomic E-state index is -0.886. The third-order valence-corrected chi connectivity index (χ3v) is 3.74. The average Bonchev–Trinajstić information content (AvgIpc) is 2.71. The Morgan fingerprint density at radius 3 is 2.45 bits per heavy atom. The van der Waals surface area contributed by atoms with Gasteiger partial charge in [-0.2, -0.15) is 0 Å². The Morgan fingerprint density at radius 2 is 2.00 bits per heavy atom. The molecule has 0 aliphatic rings. The van der Waals surface area contributed by atoms with Crippen molar-refractivity contribution in [1.82, 2.24) is 9.88 Å². The molecular weight excluding hydrogens is 272 g/mol. The normalized spacial score (nSPS) is 11.0. The number of hydrogen-bond acceptors (Lipinski definition) is 4. The number of carboxylic acid groups (broad SMARTS) is 1. The molecule has 1 aromatic heterocycles. The molecule has 5 heteroatoms. The second kappa shape index (κ2) is 7.97. The van der Waals surface area contributed by atoms with E-state index < -0.39 is 5.97 Å². The third kappa shape index (κ3) is 4.90. The van der Waals surface area contributed by atoms with E-state index in [1.165, 1.54) is 11.3 Å². The fourth-order valence-corrected chi connectivity index (χ4v) is 2.89. The smallest absolute Gasteiger partial charge is 0.347 e.